The second kappa shape index (κ2) is 10.5. The summed E-state index contributed by atoms with van der Waals surface area (Å²) in [6.07, 6.45) is 1.59. The second-order valence-corrected chi connectivity index (χ2v) is 7.31. The number of ether oxygens (including phenoxy) is 3. The lowest BCUT2D eigenvalue weighted by molar-refractivity contribution is -0.0514. The van der Waals surface area contributed by atoms with Crippen LogP contribution in [0.2, 0.25) is 5.02 Å². The summed E-state index contributed by atoms with van der Waals surface area (Å²) >= 11 is 9.26. The van der Waals surface area contributed by atoms with Gasteiger partial charge in [-0.3, -0.25) is 4.79 Å². The molecular formula is C20H17BrClF2N3O4. The number of rotatable bonds is 9. The number of benzene rings is 2. The lowest BCUT2D eigenvalue weighted by Gasteiger charge is -2.13. The van der Waals surface area contributed by atoms with Gasteiger partial charge in [-0.1, -0.05) is 11.6 Å². The Kier molecular flexibility index (Phi) is 7.69. The largest absolute Gasteiger partial charge is 0.490 e. The quantitative estimate of drug-likeness (QED) is 0.401. The molecule has 0 fully saturated rings. The first-order valence-corrected chi connectivity index (χ1v) is 10.2. The van der Waals surface area contributed by atoms with Crippen LogP contribution in [0, 0.1) is 0 Å². The molecule has 11 heteroatoms. The van der Waals surface area contributed by atoms with E-state index in [0.717, 1.165) is 0 Å². The van der Waals surface area contributed by atoms with Crippen molar-refractivity contribution in [3.63, 3.8) is 0 Å². The number of aromatic nitrogens is 2. The maximum Gasteiger partial charge on any atom is 0.387 e. The summed E-state index contributed by atoms with van der Waals surface area (Å²) in [6.45, 7) is -0.971. The summed E-state index contributed by atoms with van der Waals surface area (Å²) in [5.41, 5.74) is 0.482. The number of hydrogen-bond acceptors (Lipinski definition) is 5. The molecule has 0 unspecified atom stereocenters. The van der Waals surface area contributed by atoms with E-state index in [1.165, 1.54) is 28.9 Å². The van der Waals surface area contributed by atoms with Crippen molar-refractivity contribution >= 4 is 39.1 Å². The average molecular weight is 517 g/mol. The minimum absolute atomic E-state index is 0.0711. The number of anilines is 1. The summed E-state index contributed by atoms with van der Waals surface area (Å²) in [7, 11) is 0. The van der Waals surface area contributed by atoms with Crippen LogP contribution in [0.1, 0.15) is 17.4 Å². The van der Waals surface area contributed by atoms with E-state index in [2.05, 4.69) is 31.1 Å². The monoisotopic (exact) mass is 515 g/mol. The molecule has 1 aromatic heterocycles. The molecule has 1 amide bonds. The van der Waals surface area contributed by atoms with Gasteiger partial charge in [-0.2, -0.15) is 13.9 Å². The molecule has 0 bridgehead atoms. The molecule has 3 aromatic rings. The lowest BCUT2D eigenvalue weighted by Crippen LogP contribution is -2.14. The number of nitrogens with zero attached hydrogens (tertiary/aromatic N) is 2. The topological polar surface area (TPSA) is 74.6 Å². The molecule has 7 nitrogen and oxygen atoms in total. The molecule has 0 aliphatic rings. The zero-order valence-corrected chi connectivity index (χ0v) is 18.5. The molecule has 0 saturated carbocycles. The minimum Gasteiger partial charge on any atom is -0.490 e. The second-order valence-electron chi connectivity index (χ2n) is 6.02. The van der Waals surface area contributed by atoms with Gasteiger partial charge in [-0.15, -0.1) is 0 Å². The van der Waals surface area contributed by atoms with Crippen molar-refractivity contribution in [3.8, 4) is 17.2 Å². The molecule has 0 aliphatic heterocycles. The van der Waals surface area contributed by atoms with Crippen molar-refractivity contribution in [2.75, 3.05) is 11.9 Å². The van der Waals surface area contributed by atoms with Crippen molar-refractivity contribution in [1.29, 1.82) is 0 Å². The summed E-state index contributed by atoms with van der Waals surface area (Å²) in [5, 5.41) is 7.37. The molecule has 164 valence electrons. The summed E-state index contributed by atoms with van der Waals surface area (Å²) in [5.74, 6) is 0.0505. The molecule has 0 saturated heterocycles. The van der Waals surface area contributed by atoms with Crippen molar-refractivity contribution in [2.24, 2.45) is 0 Å². The standard InChI is InChI=1S/C20H17BrClF2N3O4/c1-2-29-18-10-13(4-6-17(18)31-20(23)24)25-19(28)15-7-8-27(26-15)11-30-16-5-3-12(22)9-14(16)21/h3-10,20H,2,11H2,1H3,(H,25,28). The van der Waals surface area contributed by atoms with Crippen molar-refractivity contribution in [1.82, 2.24) is 9.78 Å². The zero-order chi connectivity index (χ0) is 22.4. The van der Waals surface area contributed by atoms with Gasteiger partial charge in [0.05, 0.1) is 11.1 Å². The predicted molar refractivity (Wildman–Crippen MR) is 114 cm³/mol. The Hall–Kier alpha value is -2.85. The SMILES string of the molecule is CCOc1cc(NC(=O)c2ccn(COc3ccc(Cl)cc3Br)n2)ccc1OC(F)F. The molecule has 0 atom stereocenters. The fraction of sp³-hybridized carbons (Fsp3) is 0.200. The highest BCUT2D eigenvalue weighted by Crippen LogP contribution is 2.32. The van der Waals surface area contributed by atoms with E-state index in [9.17, 15) is 13.6 Å². The van der Waals surface area contributed by atoms with E-state index in [-0.39, 0.29) is 30.5 Å². The van der Waals surface area contributed by atoms with Crippen LogP contribution in [0.15, 0.2) is 53.1 Å². The van der Waals surface area contributed by atoms with Gasteiger partial charge < -0.3 is 19.5 Å². The van der Waals surface area contributed by atoms with Gasteiger partial charge >= 0.3 is 6.61 Å². The lowest BCUT2D eigenvalue weighted by atomic mass is 10.2. The van der Waals surface area contributed by atoms with Gasteiger partial charge in [0.15, 0.2) is 23.9 Å². The number of carbonyl (C=O) groups is 1. The van der Waals surface area contributed by atoms with Crippen molar-refractivity contribution in [3.05, 3.63) is 63.9 Å². The van der Waals surface area contributed by atoms with Crippen LogP contribution in [0.25, 0.3) is 0 Å². The Bertz CT molecular complexity index is 1060. The third kappa shape index (κ3) is 6.31. The molecule has 3 rings (SSSR count). The van der Waals surface area contributed by atoms with Crippen molar-refractivity contribution < 1.29 is 27.8 Å². The number of carbonyl (C=O) groups excluding carboxylic acids is 1. The Balaban J connectivity index is 1.64. The molecule has 0 spiro atoms. The van der Waals surface area contributed by atoms with Crippen LogP contribution in [-0.4, -0.2) is 28.9 Å². The first-order chi connectivity index (χ1) is 14.9. The molecule has 0 radical (unpaired) electrons. The molecule has 2 aromatic carbocycles. The first-order valence-electron chi connectivity index (χ1n) is 9.00. The Morgan fingerprint density at radius 1 is 1.16 bits per heavy atom. The van der Waals surface area contributed by atoms with Crippen LogP contribution in [0.4, 0.5) is 14.5 Å². The minimum atomic E-state index is -2.99. The third-order valence-electron chi connectivity index (χ3n) is 3.84. The molecule has 31 heavy (non-hydrogen) atoms. The van der Waals surface area contributed by atoms with E-state index >= 15 is 0 Å². The van der Waals surface area contributed by atoms with E-state index in [0.29, 0.717) is 20.9 Å². The number of alkyl halides is 2. The maximum atomic E-state index is 12.5. The van der Waals surface area contributed by atoms with Crippen LogP contribution in [-0.2, 0) is 6.73 Å². The van der Waals surface area contributed by atoms with Crippen LogP contribution >= 0.6 is 27.5 Å². The van der Waals surface area contributed by atoms with Gasteiger partial charge in [-0.25, -0.2) is 4.68 Å². The van der Waals surface area contributed by atoms with E-state index in [1.54, 1.807) is 31.3 Å². The highest BCUT2D eigenvalue weighted by atomic mass is 79.9. The van der Waals surface area contributed by atoms with Gasteiger partial charge in [0.2, 0.25) is 0 Å². The highest BCUT2D eigenvalue weighted by molar-refractivity contribution is 9.10. The fourth-order valence-corrected chi connectivity index (χ4v) is 3.32. The molecule has 1 heterocycles. The predicted octanol–water partition coefficient (Wildman–Crippen LogP) is 5.59. The van der Waals surface area contributed by atoms with Crippen LogP contribution < -0.4 is 19.5 Å². The smallest absolute Gasteiger partial charge is 0.387 e. The van der Waals surface area contributed by atoms with Gasteiger partial charge in [-0.05, 0) is 59.3 Å². The van der Waals surface area contributed by atoms with Gasteiger partial charge in [0, 0.05) is 23.0 Å². The summed E-state index contributed by atoms with van der Waals surface area (Å²) in [6, 6.07) is 10.7. The molecular weight excluding hydrogens is 500 g/mol. The van der Waals surface area contributed by atoms with Crippen LogP contribution in [0.3, 0.4) is 0 Å². The Labute approximate surface area is 190 Å². The fourth-order valence-electron chi connectivity index (χ4n) is 2.53. The highest BCUT2D eigenvalue weighted by Gasteiger charge is 2.15. The van der Waals surface area contributed by atoms with E-state index in [4.69, 9.17) is 21.1 Å². The number of halogens is 4. The Morgan fingerprint density at radius 3 is 2.65 bits per heavy atom. The van der Waals surface area contributed by atoms with Gasteiger partial charge in [0.1, 0.15) is 5.75 Å². The zero-order valence-electron chi connectivity index (χ0n) is 16.1. The first kappa shape index (κ1) is 22.8. The van der Waals surface area contributed by atoms with E-state index < -0.39 is 12.5 Å². The summed E-state index contributed by atoms with van der Waals surface area (Å²) < 4.78 is 42.5. The normalized spacial score (nSPS) is 10.8. The number of hydrogen-bond donors (Lipinski definition) is 1. The maximum absolute atomic E-state index is 12.5. The number of nitrogens with one attached hydrogen (secondary N) is 1. The molecule has 1 N–H and O–H groups in total. The van der Waals surface area contributed by atoms with Crippen molar-refractivity contribution in [2.45, 2.75) is 20.3 Å². The Morgan fingerprint density at radius 2 is 1.94 bits per heavy atom. The van der Waals surface area contributed by atoms with Gasteiger partial charge in [0.25, 0.3) is 5.91 Å². The summed E-state index contributed by atoms with van der Waals surface area (Å²) in [4.78, 5) is 12.5. The average Bonchev–Trinajstić information content (AvgIpc) is 3.18. The van der Waals surface area contributed by atoms with E-state index in [1.807, 2.05) is 0 Å². The van der Waals surface area contributed by atoms with Crippen LogP contribution in [0.5, 0.6) is 17.2 Å². The number of amides is 1. The third-order valence-corrected chi connectivity index (χ3v) is 4.69. The molecule has 0 aliphatic carbocycles.